The van der Waals surface area contributed by atoms with E-state index in [4.69, 9.17) is 4.42 Å². The smallest absolute Gasteiger partial charge is 0.253 e. The van der Waals surface area contributed by atoms with E-state index in [2.05, 4.69) is 4.98 Å². The van der Waals surface area contributed by atoms with Crippen LogP contribution in [0.15, 0.2) is 22.6 Å². The van der Waals surface area contributed by atoms with E-state index in [1.54, 1.807) is 30.0 Å². The van der Waals surface area contributed by atoms with Gasteiger partial charge in [0.15, 0.2) is 11.5 Å². The molecule has 0 atom stereocenters. The molecule has 2 heterocycles. The van der Waals surface area contributed by atoms with Crippen LogP contribution in [0.1, 0.15) is 22.7 Å². The van der Waals surface area contributed by atoms with E-state index in [-0.39, 0.29) is 5.91 Å². The molecular weight excluding hydrogens is 318 g/mol. The number of sulfonamides is 1. The summed E-state index contributed by atoms with van der Waals surface area (Å²) in [7, 11) is -3.22. The van der Waals surface area contributed by atoms with Gasteiger partial charge < -0.3 is 9.32 Å². The van der Waals surface area contributed by atoms with Crippen molar-refractivity contribution in [3.8, 4) is 0 Å². The molecule has 0 saturated carbocycles. The minimum atomic E-state index is -3.22. The number of carbonyl (C=O) groups is 1. The Labute approximate surface area is 134 Å². The number of fused-ring (bicyclic) bond motifs is 1. The molecule has 0 N–H and O–H groups in total. The van der Waals surface area contributed by atoms with Gasteiger partial charge >= 0.3 is 0 Å². The van der Waals surface area contributed by atoms with Crippen LogP contribution in [0, 0.1) is 6.92 Å². The molecule has 0 spiro atoms. The van der Waals surface area contributed by atoms with Gasteiger partial charge in [0.1, 0.15) is 5.52 Å². The van der Waals surface area contributed by atoms with Crippen molar-refractivity contribution in [3.05, 3.63) is 29.7 Å². The second-order valence-corrected chi connectivity index (χ2v) is 7.71. The number of hydrogen-bond acceptors (Lipinski definition) is 5. The van der Waals surface area contributed by atoms with Crippen LogP contribution in [0.5, 0.6) is 0 Å². The maximum absolute atomic E-state index is 12.7. The molecule has 0 aliphatic carbocycles. The van der Waals surface area contributed by atoms with Crippen LogP contribution in [-0.4, -0.2) is 60.9 Å². The van der Waals surface area contributed by atoms with E-state index in [0.717, 1.165) is 0 Å². The van der Waals surface area contributed by atoms with Crippen molar-refractivity contribution in [2.45, 2.75) is 13.3 Å². The Balaban J connectivity index is 1.78. The van der Waals surface area contributed by atoms with Gasteiger partial charge in [0.05, 0.1) is 6.26 Å². The highest BCUT2D eigenvalue weighted by atomic mass is 32.2. The number of hydrogen-bond donors (Lipinski definition) is 0. The normalized spacial score (nSPS) is 17.4. The fourth-order valence-electron chi connectivity index (χ4n) is 2.79. The molecule has 3 rings (SSSR count). The van der Waals surface area contributed by atoms with Crippen molar-refractivity contribution in [2.24, 2.45) is 0 Å². The summed E-state index contributed by atoms with van der Waals surface area (Å²) < 4.78 is 30.1. The van der Waals surface area contributed by atoms with E-state index in [0.29, 0.717) is 55.2 Å². The van der Waals surface area contributed by atoms with E-state index in [9.17, 15) is 13.2 Å². The molecule has 0 bridgehead atoms. The molecule has 1 saturated heterocycles. The highest BCUT2D eigenvalue weighted by Crippen LogP contribution is 2.18. The Hall–Kier alpha value is -1.93. The van der Waals surface area contributed by atoms with Gasteiger partial charge in [-0.1, -0.05) is 0 Å². The first-order chi connectivity index (χ1) is 10.8. The molecule has 7 nitrogen and oxygen atoms in total. The third-order valence-corrected chi connectivity index (χ3v) is 5.26. The van der Waals surface area contributed by atoms with Gasteiger partial charge in [-0.25, -0.2) is 17.7 Å². The van der Waals surface area contributed by atoms with Crippen molar-refractivity contribution in [3.63, 3.8) is 0 Å². The zero-order valence-corrected chi connectivity index (χ0v) is 14.0. The van der Waals surface area contributed by atoms with E-state index >= 15 is 0 Å². The number of oxazole rings is 1. The standard InChI is InChI=1S/C15H19N3O4S/c1-11-16-13-10-12(4-5-14(13)22-11)15(19)17-6-3-7-18(9-8-17)23(2,20)21/h4-5,10H,3,6-9H2,1-2H3. The zero-order valence-electron chi connectivity index (χ0n) is 13.2. The summed E-state index contributed by atoms with van der Waals surface area (Å²) in [4.78, 5) is 18.6. The molecule has 1 aromatic heterocycles. The summed E-state index contributed by atoms with van der Waals surface area (Å²) in [5.41, 5.74) is 1.85. The van der Waals surface area contributed by atoms with Gasteiger partial charge in [0.25, 0.3) is 5.91 Å². The quantitative estimate of drug-likeness (QED) is 0.823. The van der Waals surface area contributed by atoms with Crippen LogP contribution in [0.3, 0.4) is 0 Å². The number of benzene rings is 1. The van der Waals surface area contributed by atoms with Crippen LogP contribution in [-0.2, 0) is 10.0 Å². The molecule has 2 aromatic rings. The summed E-state index contributed by atoms with van der Waals surface area (Å²) in [5, 5.41) is 0. The third kappa shape index (κ3) is 3.37. The van der Waals surface area contributed by atoms with Gasteiger partial charge in [0.2, 0.25) is 10.0 Å². The van der Waals surface area contributed by atoms with Gasteiger partial charge in [0, 0.05) is 38.7 Å². The Bertz CT molecular complexity index is 844. The predicted molar refractivity (Wildman–Crippen MR) is 85.7 cm³/mol. The lowest BCUT2D eigenvalue weighted by Crippen LogP contribution is -2.36. The average Bonchev–Trinajstić information content (AvgIpc) is 2.70. The van der Waals surface area contributed by atoms with E-state index in [1.165, 1.54) is 10.6 Å². The molecule has 124 valence electrons. The Morgan fingerprint density at radius 1 is 1.22 bits per heavy atom. The number of aryl methyl sites for hydroxylation is 1. The molecule has 1 amide bonds. The average molecular weight is 337 g/mol. The van der Waals surface area contributed by atoms with Gasteiger partial charge in [-0.15, -0.1) is 0 Å². The van der Waals surface area contributed by atoms with Crippen LogP contribution in [0.2, 0.25) is 0 Å². The highest BCUT2D eigenvalue weighted by Gasteiger charge is 2.24. The second-order valence-electron chi connectivity index (χ2n) is 5.72. The molecular formula is C15H19N3O4S. The Morgan fingerprint density at radius 3 is 2.74 bits per heavy atom. The van der Waals surface area contributed by atoms with Crippen LogP contribution in [0.25, 0.3) is 11.1 Å². The topological polar surface area (TPSA) is 83.7 Å². The number of amides is 1. The maximum atomic E-state index is 12.7. The molecule has 1 aliphatic heterocycles. The summed E-state index contributed by atoms with van der Waals surface area (Å²) >= 11 is 0. The molecule has 1 fully saturated rings. The van der Waals surface area contributed by atoms with E-state index in [1.807, 2.05) is 0 Å². The fraction of sp³-hybridized carbons (Fsp3) is 0.467. The summed E-state index contributed by atoms with van der Waals surface area (Å²) in [6.07, 6.45) is 1.83. The minimum Gasteiger partial charge on any atom is -0.441 e. The van der Waals surface area contributed by atoms with E-state index < -0.39 is 10.0 Å². The monoisotopic (exact) mass is 337 g/mol. The summed E-state index contributed by atoms with van der Waals surface area (Å²) in [6, 6.07) is 5.17. The first kappa shape index (κ1) is 15.9. The molecule has 23 heavy (non-hydrogen) atoms. The van der Waals surface area contributed by atoms with Crippen molar-refractivity contribution in [1.82, 2.24) is 14.2 Å². The van der Waals surface area contributed by atoms with Crippen LogP contribution in [0.4, 0.5) is 0 Å². The van der Waals surface area contributed by atoms with Crippen molar-refractivity contribution >= 4 is 27.0 Å². The van der Waals surface area contributed by atoms with Crippen molar-refractivity contribution in [1.29, 1.82) is 0 Å². The number of nitrogens with zero attached hydrogens (tertiary/aromatic N) is 3. The lowest BCUT2D eigenvalue weighted by molar-refractivity contribution is 0.0764. The van der Waals surface area contributed by atoms with Crippen molar-refractivity contribution < 1.29 is 17.6 Å². The lowest BCUT2D eigenvalue weighted by atomic mass is 10.1. The lowest BCUT2D eigenvalue weighted by Gasteiger charge is -2.21. The van der Waals surface area contributed by atoms with Crippen molar-refractivity contribution in [2.75, 3.05) is 32.4 Å². The molecule has 0 radical (unpaired) electrons. The van der Waals surface area contributed by atoms with Crippen LogP contribution >= 0.6 is 0 Å². The molecule has 0 unspecified atom stereocenters. The zero-order chi connectivity index (χ0) is 16.6. The highest BCUT2D eigenvalue weighted by molar-refractivity contribution is 7.88. The third-order valence-electron chi connectivity index (χ3n) is 3.95. The first-order valence-electron chi connectivity index (χ1n) is 7.46. The minimum absolute atomic E-state index is 0.108. The second kappa shape index (κ2) is 5.93. The number of rotatable bonds is 2. The molecule has 8 heteroatoms. The first-order valence-corrected chi connectivity index (χ1v) is 9.31. The van der Waals surface area contributed by atoms with Crippen LogP contribution < -0.4 is 0 Å². The maximum Gasteiger partial charge on any atom is 0.253 e. The fourth-order valence-corrected chi connectivity index (χ4v) is 3.66. The van der Waals surface area contributed by atoms with Gasteiger partial charge in [-0.05, 0) is 24.6 Å². The SMILES string of the molecule is Cc1nc2cc(C(=O)N3CCCN(S(C)(=O)=O)CC3)ccc2o1. The predicted octanol–water partition coefficient (Wildman–Crippen LogP) is 1.24. The largest absolute Gasteiger partial charge is 0.441 e. The number of carbonyl (C=O) groups excluding carboxylic acids is 1. The van der Waals surface area contributed by atoms with Gasteiger partial charge in [-0.3, -0.25) is 4.79 Å². The Morgan fingerprint density at radius 2 is 2.00 bits per heavy atom. The molecule has 1 aromatic carbocycles. The number of aromatic nitrogens is 1. The Kier molecular flexibility index (Phi) is 4.11. The summed E-state index contributed by atoms with van der Waals surface area (Å²) in [6.45, 7) is 3.47. The summed E-state index contributed by atoms with van der Waals surface area (Å²) in [5.74, 6) is 0.450. The molecule has 1 aliphatic rings. The van der Waals surface area contributed by atoms with Gasteiger partial charge in [-0.2, -0.15) is 0 Å².